The van der Waals surface area contributed by atoms with E-state index in [1.807, 2.05) is 23.1 Å². The van der Waals surface area contributed by atoms with Crippen molar-refractivity contribution in [2.75, 3.05) is 40.4 Å². The number of phenolic OH excluding ortho intramolecular Hbond substituents is 2. The molecule has 2 aromatic rings. The minimum absolute atomic E-state index is 0.0812. The summed E-state index contributed by atoms with van der Waals surface area (Å²) < 4.78 is 10.8. The fraction of sp³-hybridized carbons (Fsp3) is 0.462. The van der Waals surface area contributed by atoms with E-state index in [1.54, 1.807) is 45.1 Å². The molecule has 0 aliphatic carbocycles. The average Bonchev–Trinajstić information content (AvgIpc) is 2.76. The summed E-state index contributed by atoms with van der Waals surface area (Å²) in [5.74, 6) is 3.04. The molecule has 2 N–H and O–H groups in total. The molecule has 0 bridgehead atoms. The summed E-state index contributed by atoms with van der Waals surface area (Å²) in [4.78, 5) is 25.7. The Labute approximate surface area is 249 Å². The van der Waals surface area contributed by atoms with Crippen molar-refractivity contribution in [2.24, 2.45) is 11.8 Å². The van der Waals surface area contributed by atoms with Crippen LogP contribution in [0, 0.1) is 11.8 Å². The van der Waals surface area contributed by atoms with Gasteiger partial charge in [0.2, 0.25) is 11.8 Å². The molecule has 4 rings (SSSR count). The first-order chi connectivity index (χ1) is 17.9. The molecule has 2 saturated heterocycles. The number of amides is 2. The molecule has 2 aliphatic heterocycles. The summed E-state index contributed by atoms with van der Waals surface area (Å²) in [6.07, 6.45) is 1.74. The summed E-state index contributed by atoms with van der Waals surface area (Å²) in [5, 5.41) is 18.6. The molecule has 0 spiro atoms. The fourth-order valence-electron chi connectivity index (χ4n) is 4.34. The van der Waals surface area contributed by atoms with E-state index in [1.165, 1.54) is 11.6 Å². The summed E-state index contributed by atoms with van der Waals surface area (Å²) in [5.41, 5.74) is 2.10. The van der Waals surface area contributed by atoms with Crippen LogP contribution in [-0.4, -0.2) is 75.4 Å². The summed E-state index contributed by atoms with van der Waals surface area (Å²) in [7, 11) is 3.30. The largest absolute Gasteiger partial charge is 0.508 e. The Bertz CT molecular complexity index is 1030. The minimum atomic E-state index is 0.0812. The van der Waals surface area contributed by atoms with Crippen LogP contribution in [-0.2, 0) is 22.4 Å². The topological polar surface area (TPSA) is 99.5 Å². The van der Waals surface area contributed by atoms with E-state index in [9.17, 15) is 19.8 Å². The Kier molecular flexibility index (Phi) is 13.3. The molecular formula is C26H34BBr3N2O6. The van der Waals surface area contributed by atoms with E-state index in [-0.39, 0.29) is 26.5 Å². The maximum absolute atomic E-state index is 11.1. The second-order valence-electron chi connectivity index (χ2n) is 9.31. The lowest BCUT2D eigenvalue weighted by atomic mass is 9.92. The van der Waals surface area contributed by atoms with Crippen molar-refractivity contribution in [3.05, 3.63) is 47.5 Å². The van der Waals surface area contributed by atoms with Gasteiger partial charge in [-0.3, -0.25) is 9.59 Å². The standard InChI is InChI=1S/C14H19NO3.C12H15NO3.BBr3/c1-10(16)15-8-12(9-15)4-11-5-13(17-2)7-14(6-11)18-3;1-8(14)13-6-10(7-13)2-9-3-11(15)5-12(16)4-9;2-1(3)4/h5-7,12H,4,8-9H2,1-3H3;3-5,10,15-16H,2,6-7H2,1H3;. The first-order valence-electron chi connectivity index (χ1n) is 12.1. The van der Waals surface area contributed by atoms with Gasteiger partial charge in [-0.05, 0) is 60.1 Å². The number of benzene rings is 2. The number of carbonyl (C=O) groups is 2. The smallest absolute Gasteiger partial charge is 0.369 e. The van der Waals surface area contributed by atoms with Crippen LogP contribution in [0.15, 0.2) is 36.4 Å². The molecule has 2 heterocycles. The first kappa shape index (κ1) is 32.3. The molecular weight excluding hydrogens is 687 g/mol. The van der Waals surface area contributed by atoms with Crippen molar-refractivity contribution < 1.29 is 29.3 Å². The lowest BCUT2D eigenvalue weighted by Gasteiger charge is -2.38. The zero-order valence-electron chi connectivity index (χ0n) is 22.0. The molecule has 8 nitrogen and oxygen atoms in total. The fourth-order valence-corrected chi connectivity index (χ4v) is 4.34. The average molecular weight is 721 g/mol. The Morgan fingerprint density at radius 1 is 0.763 bits per heavy atom. The zero-order chi connectivity index (χ0) is 28.4. The second-order valence-corrected chi connectivity index (χ2v) is 15.7. The molecule has 208 valence electrons. The van der Waals surface area contributed by atoms with E-state index in [4.69, 9.17) is 9.47 Å². The van der Waals surface area contributed by atoms with Crippen molar-refractivity contribution in [1.29, 1.82) is 0 Å². The number of phenols is 2. The molecule has 2 amide bonds. The molecule has 0 saturated carbocycles. The van der Waals surface area contributed by atoms with Gasteiger partial charge in [0.15, 0.2) is 0 Å². The number of hydrogen-bond acceptors (Lipinski definition) is 6. The van der Waals surface area contributed by atoms with Gasteiger partial charge in [0.1, 0.15) is 23.0 Å². The Balaban J connectivity index is 0.000000235. The highest BCUT2D eigenvalue weighted by molar-refractivity contribution is 9.69. The number of hydrogen-bond donors (Lipinski definition) is 2. The van der Waals surface area contributed by atoms with Gasteiger partial charge in [-0.15, -0.1) is 47.3 Å². The molecule has 2 aliphatic rings. The number of halogens is 3. The van der Waals surface area contributed by atoms with Crippen LogP contribution in [0.1, 0.15) is 25.0 Å². The highest BCUT2D eigenvalue weighted by Crippen LogP contribution is 2.27. The Morgan fingerprint density at radius 3 is 1.42 bits per heavy atom. The summed E-state index contributed by atoms with van der Waals surface area (Å²) >= 11 is 9.31. The van der Waals surface area contributed by atoms with Crippen LogP contribution in [0.3, 0.4) is 0 Å². The van der Waals surface area contributed by atoms with E-state index in [0.29, 0.717) is 11.8 Å². The predicted molar refractivity (Wildman–Crippen MR) is 161 cm³/mol. The minimum Gasteiger partial charge on any atom is -0.508 e. The molecule has 12 heteroatoms. The van der Waals surface area contributed by atoms with Gasteiger partial charge < -0.3 is 29.5 Å². The molecule has 0 atom stereocenters. The number of likely N-dealkylation sites (tertiary alicyclic amines) is 2. The van der Waals surface area contributed by atoms with Gasteiger partial charge in [-0.1, -0.05) is 0 Å². The van der Waals surface area contributed by atoms with Crippen LogP contribution in [0.25, 0.3) is 0 Å². The molecule has 2 aromatic carbocycles. The third-order valence-electron chi connectivity index (χ3n) is 6.23. The monoisotopic (exact) mass is 718 g/mol. The van der Waals surface area contributed by atoms with E-state index in [2.05, 4.69) is 47.3 Å². The van der Waals surface area contributed by atoms with Crippen molar-refractivity contribution in [2.45, 2.75) is 26.7 Å². The summed E-state index contributed by atoms with van der Waals surface area (Å²) in [6, 6.07) is 10.5. The molecule has 0 unspecified atom stereocenters. The maximum atomic E-state index is 11.1. The quantitative estimate of drug-likeness (QED) is 0.408. The maximum Gasteiger partial charge on any atom is 0.369 e. The van der Waals surface area contributed by atoms with Crippen molar-refractivity contribution in [3.8, 4) is 23.0 Å². The number of aromatic hydroxyl groups is 2. The third kappa shape index (κ3) is 11.1. The van der Waals surface area contributed by atoms with Gasteiger partial charge >= 0.3 is 3.18 Å². The van der Waals surface area contributed by atoms with Crippen LogP contribution in [0.2, 0.25) is 0 Å². The lowest BCUT2D eigenvalue weighted by Crippen LogP contribution is -2.49. The van der Waals surface area contributed by atoms with Gasteiger partial charge in [-0.25, -0.2) is 0 Å². The summed E-state index contributed by atoms with van der Waals surface area (Å²) in [6.45, 7) is 6.43. The van der Waals surface area contributed by atoms with Crippen LogP contribution in [0.5, 0.6) is 23.0 Å². The molecule has 0 aromatic heterocycles. The normalized spacial score (nSPS) is 14.6. The number of rotatable bonds is 6. The number of carbonyl (C=O) groups excluding carboxylic acids is 2. The van der Waals surface area contributed by atoms with Crippen molar-refractivity contribution in [1.82, 2.24) is 9.80 Å². The predicted octanol–water partition coefficient (Wildman–Crippen LogP) is 5.00. The first-order valence-corrected chi connectivity index (χ1v) is 14.8. The lowest BCUT2D eigenvalue weighted by molar-refractivity contribution is -0.135. The van der Waals surface area contributed by atoms with Crippen molar-refractivity contribution >= 4 is 62.3 Å². The van der Waals surface area contributed by atoms with Crippen LogP contribution < -0.4 is 9.47 Å². The molecule has 38 heavy (non-hydrogen) atoms. The highest BCUT2D eigenvalue weighted by atomic mass is 79.9. The second kappa shape index (κ2) is 15.6. The number of ether oxygens (including phenoxy) is 2. The SMILES string of the molecule is BrB(Br)Br.CC(=O)N1CC(Cc2cc(O)cc(O)c2)C1.COc1cc(CC2CN(C(C)=O)C2)cc(OC)c1. The Hall–Kier alpha value is -1.92. The Morgan fingerprint density at radius 2 is 1.11 bits per heavy atom. The number of nitrogens with zero attached hydrogens (tertiary/aromatic N) is 2. The zero-order valence-corrected chi connectivity index (χ0v) is 26.8. The third-order valence-corrected chi connectivity index (χ3v) is 6.23. The van der Waals surface area contributed by atoms with Gasteiger partial charge in [0, 0.05) is 52.2 Å². The van der Waals surface area contributed by atoms with E-state index < -0.39 is 0 Å². The van der Waals surface area contributed by atoms with Crippen molar-refractivity contribution in [3.63, 3.8) is 0 Å². The van der Waals surface area contributed by atoms with E-state index in [0.717, 1.165) is 56.1 Å². The van der Waals surface area contributed by atoms with Gasteiger partial charge in [0.05, 0.1) is 14.2 Å². The van der Waals surface area contributed by atoms with Crippen LogP contribution >= 0.6 is 47.3 Å². The van der Waals surface area contributed by atoms with Crippen LogP contribution in [0.4, 0.5) is 0 Å². The van der Waals surface area contributed by atoms with Gasteiger partial charge in [0.25, 0.3) is 0 Å². The highest BCUT2D eigenvalue weighted by Gasteiger charge is 2.29. The van der Waals surface area contributed by atoms with Gasteiger partial charge in [-0.2, -0.15) is 0 Å². The molecule has 2 fully saturated rings. The number of methoxy groups -OCH3 is 2. The molecule has 0 radical (unpaired) electrons. The van der Waals surface area contributed by atoms with E-state index >= 15 is 0 Å².